The lowest BCUT2D eigenvalue weighted by Crippen LogP contribution is -2.35. The van der Waals surface area contributed by atoms with E-state index in [0.29, 0.717) is 29.5 Å². The van der Waals surface area contributed by atoms with Crippen molar-refractivity contribution in [1.29, 1.82) is 0 Å². The molecule has 0 bridgehead atoms. The van der Waals surface area contributed by atoms with E-state index in [1.165, 1.54) is 0 Å². The van der Waals surface area contributed by atoms with Gasteiger partial charge in [0.1, 0.15) is 0 Å². The number of rotatable bonds is 1. The van der Waals surface area contributed by atoms with Gasteiger partial charge in [0.15, 0.2) is 0 Å². The Morgan fingerprint density at radius 3 is 2.41 bits per heavy atom. The number of fused-ring (bicyclic) bond motifs is 5. The minimum absolute atomic E-state index is 0.0740. The van der Waals surface area contributed by atoms with Gasteiger partial charge in [0, 0.05) is 15.4 Å². The van der Waals surface area contributed by atoms with Crippen LogP contribution in [0.5, 0.6) is 0 Å². The van der Waals surface area contributed by atoms with Gasteiger partial charge in [-0.2, -0.15) is 0 Å². The summed E-state index contributed by atoms with van der Waals surface area (Å²) in [6, 6.07) is 12.1. The number of benzene rings is 3. The molecular formula is C28H27Br. The van der Waals surface area contributed by atoms with Gasteiger partial charge < -0.3 is 0 Å². The van der Waals surface area contributed by atoms with Crippen LogP contribution in [0.15, 0.2) is 71.1 Å². The van der Waals surface area contributed by atoms with Gasteiger partial charge >= 0.3 is 0 Å². The highest BCUT2D eigenvalue weighted by molar-refractivity contribution is 9.10. The number of hydrogen-bond donors (Lipinski definition) is 0. The van der Waals surface area contributed by atoms with Gasteiger partial charge in [-0.05, 0) is 95.4 Å². The molecule has 146 valence electrons. The van der Waals surface area contributed by atoms with E-state index in [4.69, 9.17) is 5.48 Å². The molecule has 0 atom stereocenters. The zero-order valence-corrected chi connectivity index (χ0v) is 17.7. The molecule has 2 spiro atoms. The number of hydrogen-bond acceptors (Lipinski definition) is 0. The second-order valence-corrected chi connectivity index (χ2v) is 9.45. The van der Waals surface area contributed by atoms with E-state index in [9.17, 15) is 5.48 Å². The molecule has 3 aromatic rings. The molecule has 3 aromatic carbocycles. The number of halogens is 1. The Labute approximate surface area is 193 Å². The minimum Gasteiger partial charge on any atom is -0.0619 e. The Morgan fingerprint density at radius 2 is 1.59 bits per heavy atom. The normalized spacial score (nSPS) is 28.2. The molecule has 0 amide bonds. The fourth-order valence-electron chi connectivity index (χ4n) is 5.52. The summed E-state index contributed by atoms with van der Waals surface area (Å²) < 4.78 is 71.7. The first-order valence-electron chi connectivity index (χ1n) is 14.4. The third-order valence-corrected chi connectivity index (χ3v) is 7.45. The smallest absolute Gasteiger partial charge is 0.0619 e. The molecule has 6 rings (SSSR count). The van der Waals surface area contributed by atoms with Crippen molar-refractivity contribution in [3.05, 3.63) is 82.2 Å². The molecule has 1 heteroatoms. The van der Waals surface area contributed by atoms with Crippen LogP contribution in [-0.4, -0.2) is 0 Å². The van der Waals surface area contributed by atoms with E-state index in [1.807, 2.05) is 30.3 Å². The monoisotopic (exact) mass is 450 g/mol. The van der Waals surface area contributed by atoms with Crippen LogP contribution >= 0.6 is 15.9 Å². The maximum absolute atomic E-state index is 9.52. The minimum atomic E-state index is -1.88. The summed E-state index contributed by atoms with van der Waals surface area (Å²) in [4.78, 5) is 0. The van der Waals surface area contributed by atoms with Crippen molar-refractivity contribution < 1.29 is 11.0 Å². The zero-order chi connectivity index (χ0) is 26.5. The first-order chi connectivity index (χ1) is 17.4. The molecular weight excluding hydrogens is 416 g/mol. The summed E-state index contributed by atoms with van der Waals surface area (Å²) in [7, 11) is 0. The molecule has 0 nitrogen and oxygen atoms in total. The molecule has 3 aliphatic carbocycles. The van der Waals surface area contributed by atoms with Crippen molar-refractivity contribution in [1.82, 2.24) is 0 Å². The largest absolute Gasteiger partial charge is 0.0641 e. The average Bonchev–Trinajstić information content (AvgIpc) is 3.40. The molecule has 29 heavy (non-hydrogen) atoms. The van der Waals surface area contributed by atoms with Gasteiger partial charge in [-0.1, -0.05) is 77.3 Å². The Kier molecular flexibility index (Phi) is 2.61. The molecule has 0 N–H and O–H groups in total. The van der Waals surface area contributed by atoms with Crippen molar-refractivity contribution in [3.63, 3.8) is 0 Å². The Bertz CT molecular complexity index is 1410. The molecule has 0 aromatic heterocycles. The Balaban J connectivity index is 1.66. The van der Waals surface area contributed by atoms with Crippen molar-refractivity contribution in [3.8, 4) is 22.3 Å². The van der Waals surface area contributed by atoms with E-state index in [-0.39, 0.29) is 39.6 Å². The molecule has 2 fully saturated rings. The predicted octanol–water partition coefficient (Wildman–Crippen LogP) is 8.52. The van der Waals surface area contributed by atoms with Crippen LogP contribution in [0.25, 0.3) is 22.3 Å². The lowest BCUT2D eigenvalue weighted by atomic mass is 9.59. The predicted molar refractivity (Wildman–Crippen MR) is 125 cm³/mol. The van der Waals surface area contributed by atoms with Gasteiger partial charge in [-0.25, -0.2) is 0 Å². The summed E-state index contributed by atoms with van der Waals surface area (Å²) in [5, 5.41) is 0. The summed E-state index contributed by atoms with van der Waals surface area (Å²) in [5.74, 6) is 0. The third-order valence-electron chi connectivity index (χ3n) is 7.05. The van der Waals surface area contributed by atoms with E-state index < -0.39 is 18.2 Å². The van der Waals surface area contributed by atoms with Crippen LogP contribution in [0.1, 0.15) is 73.4 Å². The topological polar surface area (TPSA) is 0 Å². The lowest BCUT2D eigenvalue weighted by Gasteiger charge is -2.44. The Hall–Kier alpha value is -1.86. The van der Waals surface area contributed by atoms with Crippen molar-refractivity contribution >= 4 is 15.9 Å². The second kappa shape index (κ2) is 6.57. The van der Waals surface area contributed by atoms with E-state index in [1.54, 1.807) is 12.1 Å². The zero-order valence-electron chi connectivity index (χ0n) is 24.2. The summed E-state index contributed by atoms with van der Waals surface area (Å²) in [5.41, 5.74) is 1.56. The van der Waals surface area contributed by atoms with Crippen LogP contribution in [-0.2, 0) is 5.41 Å². The van der Waals surface area contributed by atoms with Gasteiger partial charge in [-0.15, -0.1) is 0 Å². The fraction of sp³-hybridized carbons (Fsp3) is 0.357. The maximum atomic E-state index is 9.52. The van der Waals surface area contributed by atoms with Crippen LogP contribution in [0, 0.1) is 5.41 Å². The molecule has 0 heterocycles. The summed E-state index contributed by atoms with van der Waals surface area (Å²) >= 11 is 3.24. The standard InChI is InChI=1S/C28H27Br/c29-22-7-5-6-20(18-22)21-10-11-24-23-8-1-2-9-25(23)28(26(24)19-21)16-14-27(15-17-28)12-3-4-13-27/h1-2,5-11,18-19H,3-4,12-17H2/i5D,6D,7D,16D2,17D2,18D. The third kappa shape index (κ3) is 2.70. The maximum Gasteiger partial charge on any atom is 0.0641 e. The van der Waals surface area contributed by atoms with Crippen molar-refractivity contribution in [2.45, 2.75) is 56.7 Å². The van der Waals surface area contributed by atoms with Crippen LogP contribution in [0.2, 0.25) is 0 Å². The molecule has 0 aliphatic heterocycles. The van der Waals surface area contributed by atoms with Crippen LogP contribution in [0.4, 0.5) is 0 Å². The summed E-state index contributed by atoms with van der Waals surface area (Å²) in [6.07, 6.45) is 0.540. The van der Waals surface area contributed by atoms with E-state index in [2.05, 4.69) is 15.9 Å². The van der Waals surface area contributed by atoms with Gasteiger partial charge in [0.25, 0.3) is 0 Å². The molecule has 0 unspecified atom stereocenters. The molecule has 0 radical (unpaired) electrons. The van der Waals surface area contributed by atoms with Gasteiger partial charge in [-0.3, -0.25) is 0 Å². The van der Waals surface area contributed by atoms with Gasteiger partial charge in [0.05, 0.1) is 5.48 Å². The first kappa shape index (κ1) is 11.5. The summed E-state index contributed by atoms with van der Waals surface area (Å²) in [6.45, 7) is 0. The molecule has 2 saturated carbocycles. The molecule has 3 aliphatic rings. The first-order valence-corrected chi connectivity index (χ1v) is 11.2. The van der Waals surface area contributed by atoms with E-state index >= 15 is 0 Å². The highest BCUT2D eigenvalue weighted by Gasteiger charge is 2.49. The average molecular weight is 451 g/mol. The second-order valence-electron chi connectivity index (χ2n) is 8.66. The molecule has 0 saturated heterocycles. The fourth-order valence-corrected chi connectivity index (χ4v) is 5.82. The highest BCUT2D eigenvalue weighted by Crippen LogP contribution is 2.61. The van der Waals surface area contributed by atoms with Crippen LogP contribution in [0.3, 0.4) is 0 Å². The van der Waals surface area contributed by atoms with Crippen molar-refractivity contribution in [2.24, 2.45) is 5.41 Å². The van der Waals surface area contributed by atoms with Gasteiger partial charge in [0.2, 0.25) is 0 Å². The van der Waals surface area contributed by atoms with Crippen molar-refractivity contribution in [2.75, 3.05) is 0 Å². The highest BCUT2D eigenvalue weighted by atomic mass is 79.9. The SMILES string of the molecule is [2H]c1c([2H])c(Br)c([2H])c(-c2ccc3c(c2)C2(c4ccccc4-3)C([2H])([2H])CC3(CCCC3)CC2([2H])[2H])c1[2H]. The Morgan fingerprint density at radius 1 is 0.828 bits per heavy atom. The van der Waals surface area contributed by atoms with E-state index in [0.717, 1.165) is 36.8 Å². The van der Waals surface area contributed by atoms with Crippen LogP contribution < -0.4 is 0 Å². The quantitative estimate of drug-likeness (QED) is 0.348. The lowest BCUT2D eigenvalue weighted by molar-refractivity contribution is 0.152.